The third-order valence-corrected chi connectivity index (χ3v) is 3.24. The molecule has 0 spiro atoms. The van der Waals surface area contributed by atoms with Gasteiger partial charge in [0.05, 0.1) is 0 Å². The van der Waals surface area contributed by atoms with E-state index in [1.807, 2.05) is 42.5 Å². The maximum atomic E-state index is 6.15. The topological polar surface area (TPSA) is 77.8 Å². The van der Waals surface area contributed by atoms with Crippen LogP contribution in [0.3, 0.4) is 0 Å². The lowest BCUT2D eigenvalue weighted by Gasteiger charge is -2.08. The third kappa shape index (κ3) is 3.52. The van der Waals surface area contributed by atoms with Crippen LogP contribution in [0.25, 0.3) is 0 Å². The molecule has 1 atom stereocenters. The van der Waals surface area contributed by atoms with Crippen molar-refractivity contribution in [2.24, 2.45) is 5.73 Å². The predicted molar refractivity (Wildman–Crippen MR) is 78.4 cm³/mol. The van der Waals surface area contributed by atoms with Gasteiger partial charge in [-0.25, -0.2) is 0 Å². The van der Waals surface area contributed by atoms with Crippen LogP contribution in [0.1, 0.15) is 28.9 Å². The van der Waals surface area contributed by atoms with Gasteiger partial charge in [-0.05, 0) is 23.3 Å². The molecule has 3 rings (SSSR count). The average Bonchev–Trinajstić information content (AvgIpc) is 2.96. The molecule has 0 radical (unpaired) electrons. The zero-order valence-corrected chi connectivity index (χ0v) is 11.5. The van der Waals surface area contributed by atoms with Gasteiger partial charge < -0.3 is 10.3 Å². The second-order valence-electron chi connectivity index (χ2n) is 4.86. The van der Waals surface area contributed by atoms with Crippen molar-refractivity contribution in [2.45, 2.75) is 18.9 Å². The van der Waals surface area contributed by atoms with Crippen LogP contribution >= 0.6 is 0 Å². The molecular formula is C16H16N4O. The molecule has 1 unspecified atom stereocenters. The van der Waals surface area contributed by atoms with E-state index in [9.17, 15) is 0 Å². The van der Waals surface area contributed by atoms with Crippen LogP contribution in [0, 0.1) is 0 Å². The minimum Gasteiger partial charge on any atom is -0.339 e. The first-order valence-electron chi connectivity index (χ1n) is 6.82. The molecule has 0 saturated carbocycles. The summed E-state index contributed by atoms with van der Waals surface area (Å²) < 4.78 is 5.27. The summed E-state index contributed by atoms with van der Waals surface area (Å²) in [6.45, 7) is 0. The molecule has 0 saturated heterocycles. The van der Waals surface area contributed by atoms with E-state index in [-0.39, 0.29) is 6.04 Å². The van der Waals surface area contributed by atoms with Gasteiger partial charge in [0.1, 0.15) is 0 Å². The number of nitrogens with two attached hydrogens (primary N) is 1. The molecule has 1 aromatic carbocycles. The van der Waals surface area contributed by atoms with Crippen molar-refractivity contribution in [2.75, 3.05) is 0 Å². The van der Waals surface area contributed by atoms with Crippen molar-refractivity contribution >= 4 is 0 Å². The van der Waals surface area contributed by atoms with Crippen molar-refractivity contribution < 1.29 is 4.52 Å². The van der Waals surface area contributed by atoms with E-state index in [1.165, 1.54) is 0 Å². The average molecular weight is 280 g/mol. The standard InChI is InChI=1S/C16H16N4O/c17-14(13-4-2-1-3-5-13)11-16-19-15(20-21-16)10-12-6-8-18-9-7-12/h1-9,14H,10-11,17H2. The van der Waals surface area contributed by atoms with Crippen LogP contribution in [-0.4, -0.2) is 15.1 Å². The molecule has 2 aromatic heterocycles. The summed E-state index contributed by atoms with van der Waals surface area (Å²) in [5.41, 5.74) is 8.32. The van der Waals surface area contributed by atoms with Gasteiger partial charge in [-0.15, -0.1) is 0 Å². The molecule has 0 bridgehead atoms. The number of aromatic nitrogens is 3. The number of hydrogen-bond acceptors (Lipinski definition) is 5. The van der Waals surface area contributed by atoms with Crippen LogP contribution in [0.2, 0.25) is 0 Å². The molecule has 21 heavy (non-hydrogen) atoms. The Balaban J connectivity index is 1.65. The fourth-order valence-corrected chi connectivity index (χ4v) is 2.13. The normalized spacial score (nSPS) is 12.2. The molecule has 0 aliphatic carbocycles. The van der Waals surface area contributed by atoms with Gasteiger partial charge in [-0.1, -0.05) is 35.5 Å². The molecule has 0 amide bonds. The van der Waals surface area contributed by atoms with E-state index in [0.29, 0.717) is 24.6 Å². The molecule has 2 N–H and O–H groups in total. The Bertz CT molecular complexity index is 682. The van der Waals surface area contributed by atoms with E-state index in [0.717, 1.165) is 11.1 Å². The highest BCUT2D eigenvalue weighted by Gasteiger charge is 2.13. The first kappa shape index (κ1) is 13.5. The monoisotopic (exact) mass is 280 g/mol. The zero-order valence-electron chi connectivity index (χ0n) is 11.5. The first-order chi connectivity index (χ1) is 10.3. The number of hydrogen-bond donors (Lipinski definition) is 1. The minimum atomic E-state index is -0.138. The zero-order chi connectivity index (χ0) is 14.5. The second kappa shape index (κ2) is 6.28. The predicted octanol–water partition coefficient (Wildman–Crippen LogP) is 2.30. The second-order valence-corrected chi connectivity index (χ2v) is 4.86. The molecule has 5 nitrogen and oxygen atoms in total. The highest BCUT2D eigenvalue weighted by atomic mass is 16.5. The van der Waals surface area contributed by atoms with E-state index >= 15 is 0 Å². The first-order valence-corrected chi connectivity index (χ1v) is 6.82. The van der Waals surface area contributed by atoms with Gasteiger partial charge in [0.2, 0.25) is 5.89 Å². The summed E-state index contributed by atoms with van der Waals surface area (Å²) >= 11 is 0. The van der Waals surface area contributed by atoms with E-state index in [4.69, 9.17) is 10.3 Å². The molecule has 0 aliphatic rings. The van der Waals surface area contributed by atoms with Gasteiger partial charge in [0.15, 0.2) is 5.82 Å². The summed E-state index contributed by atoms with van der Waals surface area (Å²) in [5, 5.41) is 4.00. The maximum absolute atomic E-state index is 6.15. The van der Waals surface area contributed by atoms with Crippen molar-refractivity contribution in [3.63, 3.8) is 0 Å². The van der Waals surface area contributed by atoms with E-state index in [2.05, 4.69) is 15.1 Å². The van der Waals surface area contributed by atoms with Gasteiger partial charge in [-0.2, -0.15) is 4.98 Å². The van der Waals surface area contributed by atoms with Gasteiger partial charge in [-0.3, -0.25) is 4.98 Å². The number of rotatable bonds is 5. The van der Waals surface area contributed by atoms with Crippen LogP contribution in [-0.2, 0) is 12.8 Å². The smallest absolute Gasteiger partial charge is 0.228 e. The van der Waals surface area contributed by atoms with Gasteiger partial charge in [0.25, 0.3) is 0 Å². The van der Waals surface area contributed by atoms with Gasteiger partial charge >= 0.3 is 0 Å². The fourth-order valence-electron chi connectivity index (χ4n) is 2.13. The van der Waals surface area contributed by atoms with Crippen molar-refractivity contribution in [3.8, 4) is 0 Å². The molecule has 2 heterocycles. The molecule has 5 heteroatoms. The Morgan fingerprint density at radius 3 is 2.57 bits per heavy atom. The molecule has 106 valence electrons. The van der Waals surface area contributed by atoms with E-state index < -0.39 is 0 Å². The molecular weight excluding hydrogens is 264 g/mol. The number of pyridine rings is 1. The van der Waals surface area contributed by atoms with Crippen LogP contribution in [0.15, 0.2) is 59.4 Å². The summed E-state index contributed by atoms with van der Waals surface area (Å²) in [6, 6.07) is 13.6. The van der Waals surface area contributed by atoms with Crippen LogP contribution in [0.4, 0.5) is 0 Å². The summed E-state index contributed by atoms with van der Waals surface area (Å²) in [4.78, 5) is 8.38. The lowest BCUT2D eigenvalue weighted by atomic mass is 10.1. The lowest BCUT2D eigenvalue weighted by molar-refractivity contribution is 0.365. The highest BCUT2D eigenvalue weighted by Crippen LogP contribution is 2.15. The Hall–Kier alpha value is -2.53. The van der Waals surface area contributed by atoms with Crippen molar-refractivity contribution in [1.29, 1.82) is 0 Å². The maximum Gasteiger partial charge on any atom is 0.228 e. The lowest BCUT2D eigenvalue weighted by Crippen LogP contribution is -2.13. The Morgan fingerprint density at radius 1 is 1.05 bits per heavy atom. The van der Waals surface area contributed by atoms with Gasteiger partial charge in [0, 0.05) is 31.3 Å². The largest absolute Gasteiger partial charge is 0.339 e. The molecule has 3 aromatic rings. The summed E-state index contributed by atoms with van der Waals surface area (Å²) in [5.74, 6) is 1.23. The molecule has 0 fully saturated rings. The van der Waals surface area contributed by atoms with Crippen LogP contribution < -0.4 is 5.73 Å². The van der Waals surface area contributed by atoms with Crippen molar-refractivity contribution in [3.05, 3.63) is 77.7 Å². The van der Waals surface area contributed by atoms with E-state index in [1.54, 1.807) is 12.4 Å². The minimum absolute atomic E-state index is 0.138. The quantitative estimate of drug-likeness (QED) is 0.776. The summed E-state index contributed by atoms with van der Waals surface area (Å²) in [6.07, 6.45) is 4.67. The van der Waals surface area contributed by atoms with Crippen molar-refractivity contribution in [1.82, 2.24) is 15.1 Å². The summed E-state index contributed by atoms with van der Waals surface area (Å²) in [7, 11) is 0. The molecule has 0 aliphatic heterocycles. The Labute approximate surface area is 122 Å². The highest BCUT2D eigenvalue weighted by molar-refractivity contribution is 5.19. The third-order valence-electron chi connectivity index (χ3n) is 3.24. The van der Waals surface area contributed by atoms with Crippen LogP contribution in [0.5, 0.6) is 0 Å². The number of benzene rings is 1. The fraction of sp³-hybridized carbons (Fsp3) is 0.188. The number of nitrogens with zero attached hydrogens (tertiary/aromatic N) is 3. The Morgan fingerprint density at radius 2 is 1.81 bits per heavy atom. The SMILES string of the molecule is NC(Cc1nc(Cc2ccncc2)no1)c1ccccc1. The Kier molecular flexibility index (Phi) is 4.02.